The first-order valence-corrected chi connectivity index (χ1v) is 11.4. The molecule has 1 aliphatic rings. The van der Waals surface area contributed by atoms with E-state index in [9.17, 15) is 4.79 Å². The summed E-state index contributed by atoms with van der Waals surface area (Å²) in [7, 11) is 0. The summed E-state index contributed by atoms with van der Waals surface area (Å²) in [6.07, 6.45) is 6.30. The number of likely N-dealkylation sites (tertiary alicyclic amines) is 1. The number of aromatic nitrogens is 4. The summed E-state index contributed by atoms with van der Waals surface area (Å²) < 4.78 is 4.77. The molecule has 0 saturated carbocycles. The third kappa shape index (κ3) is 5.35. The fourth-order valence-electron chi connectivity index (χ4n) is 3.71. The van der Waals surface area contributed by atoms with Crippen LogP contribution < -0.4 is 5.32 Å². The van der Waals surface area contributed by atoms with Gasteiger partial charge in [0.2, 0.25) is 5.91 Å². The van der Waals surface area contributed by atoms with Gasteiger partial charge in [0.05, 0.1) is 6.67 Å². The first-order chi connectivity index (χ1) is 14.4. The summed E-state index contributed by atoms with van der Waals surface area (Å²) in [5.74, 6) is 1.63. The maximum Gasteiger partial charge on any atom is 0.223 e. The molecule has 1 unspecified atom stereocenters. The Morgan fingerprint density at radius 1 is 1.23 bits per heavy atom. The van der Waals surface area contributed by atoms with Crippen LogP contribution in [0.5, 0.6) is 0 Å². The molecule has 1 aliphatic heterocycles. The summed E-state index contributed by atoms with van der Waals surface area (Å²) in [4.78, 5) is 19.0. The number of nitrogens with one attached hydrogen (secondary N) is 1. The maximum atomic E-state index is 12.5. The van der Waals surface area contributed by atoms with Crippen LogP contribution in [0.3, 0.4) is 0 Å². The molecule has 1 atom stereocenters. The smallest absolute Gasteiger partial charge is 0.223 e. The Kier molecular flexibility index (Phi) is 7.77. The van der Waals surface area contributed by atoms with Crippen molar-refractivity contribution in [3.05, 3.63) is 29.3 Å². The highest BCUT2D eigenvalue weighted by Gasteiger charge is 2.27. The van der Waals surface area contributed by atoms with Crippen LogP contribution >= 0.6 is 12.2 Å². The standard InChI is InChI=1S/C22H34N6OS/c1-5-12-27-20(18-6-10-23-11-7-18)25-28(22(27)30)15-26-13-8-19(9-14-26)21(29)24-17(4)16(2)3/h6-7,10-11,16-17,19H,5,8-9,12-15H2,1-4H3,(H,24,29). The maximum absolute atomic E-state index is 12.5. The summed E-state index contributed by atoms with van der Waals surface area (Å²) in [5, 5.41) is 8.00. The van der Waals surface area contributed by atoms with E-state index >= 15 is 0 Å². The van der Waals surface area contributed by atoms with E-state index in [-0.39, 0.29) is 17.9 Å². The number of amides is 1. The Hall–Kier alpha value is -2.06. The summed E-state index contributed by atoms with van der Waals surface area (Å²) in [5.41, 5.74) is 1.03. The first-order valence-electron chi connectivity index (χ1n) is 11.0. The van der Waals surface area contributed by atoms with Crippen LogP contribution in [0, 0.1) is 16.6 Å². The minimum atomic E-state index is 0.0976. The monoisotopic (exact) mass is 430 g/mol. The van der Waals surface area contributed by atoms with Crippen LogP contribution in [-0.2, 0) is 18.0 Å². The fraction of sp³-hybridized carbons (Fsp3) is 0.636. The van der Waals surface area contributed by atoms with Crippen molar-refractivity contribution in [2.75, 3.05) is 13.1 Å². The molecule has 8 heteroatoms. The van der Waals surface area contributed by atoms with Gasteiger partial charge in [-0.25, -0.2) is 4.68 Å². The fourth-order valence-corrected chi connectivity index (χ4v) is 3.98. The number of nitrogens with zero attached hydrogens (tertiary/aromatic N) is 5. The molecule has 1 fully saturated rings. The van der Waals surface area contributed by atoms with E-state index < -0.39 is 0 Å². The lowest BCUT2D eigenvalue weighted by Crippen LogP contribution is -2.44. The lowest BCUT2D eigenvalue weighted by molar-refractivity contribution is -0.127. The van der Waals surface area contributed by atoms with E-state index in [1.165, 1.54) is 0 Å². The van der Waals surface area contributed by atoms with Crippen LogP contribution in [0.25, 0.3) is 11.4 Å². The van der Waals surface area contributed by atoms with Gasteiger partial charge in [-0.15, -0.1) is 0 Å². The molecule has 1 N–H and O–H groups in total. The molecule has 3 rings (SSSR count). The van der Waals surface area contributed by atoms with Gasteiger partial charge in [0.1, 0.15) is 0 Å². The normalized spacial score (nSPS) is 16.7. The highest BCUT2D eigenvalue weighted by molar-refractivity contribution is 7.71. The van der Waals surface area contributed by atoms with Crippen molar-refractivity contribution in [3.8, 4) is 11.4 Å². The number of hydrogen-bond acceptors (Lipinski definition) is 5. The minimum absolute atomic E-state index is 0.0976. The van der Waals surface area contributed by atoms with E-state index in [1.54, 1.807) is 12.4 Å². The molecule has 2 aromatic heterocycles. The van der Waals surface area contributed by atoms with E-state index in [0.29, 0.717) is 12.6 Å². The van der Waals surface area contributed by atoms with Crippen LogP contribution in [0.4, 0.5) is 0 Å². The van der Waals surface area contributed by atoms with Gasteiger partial charge in [-0.05, 0) is 56.5 Å². The summed E-state index contributed by atoms with van der Waals surface area (Å²) >= 11 is 5.74. The van der Waals surface area contributed by atoms with Gasteiger partial charge in [0.15, 0.2) is 10.6 Å². The van der Waals surface area contributed by atoms with Crippen molar-refractivity contribution < 1.29 is 4.79 Å². The largest absolute Gasteiger partial charge is 0.353 e. The molecule has 2 aromatic rings. The average Bonchev–Trinajstić information content (AvgIpc) is 3.05. The van der Waals surface area contributed by atoms with Crippen LogP contribution in [0.1, 0.15) is 47.0 Å². The zero-order valence-corrected chi connectivity index (χ0v) is 19.4. The molecule has 1 amide bonds. The lowest BCUT2D eigenvalue weighted by Gasteiger charge is -2.32. The quantitative estimate of drug-likeness (QED) is 0.647. The van der Waals surface area contributed by atoms with Crippen molar-refractivity contribution in [1.82, 2.24) is 29.5 Å². The Labute approximate surface area is 184 Å². The Morgan fingerprint density at radius 2 is 1.90 bits per heavy atom. The molecule has 3 heterocycles. The van der Waals surface area contributed by atoms with E-state index in [2.05, 4.69) is 47.5 Å². The molecule has 1 saturated heterocycles. The molecule has 0 aliphatic carbocycles. The van der Waals surface area contributed by atoms with Crippen molar-refractivity contribution in [1.29, 1.82) is 0 Å². The number of piperidine rings is 1. The van der Waals surface area contributed by atoms with Gasteiger partial charge >= 0.3 is 0 Å². The number of carbonyl (C=O) groups is 1. The predicted molar refractivity (Wildman–Crippen MR) is 121 cm³/mol. The van der Waals surface area contributed by atoms with Gasteiger partial charge in [0, 0.05) is 49.6 Å². The predicted octanol–water partition coefficient (Wildman–Crippen LogP) is 3.72. The highest BCUT2D eigenvalue weighted by atomic mass is 32.1. The Balaban J connectivity index is 1.65. The Bertz CT molecular complexity index is 883. The topological polar surface area (TPSA) is 68.0 Å². The molecule has 0 bridgehead atoms. The molecule has 164 valence electrons. The molecular formula is C22H34N6OS. The van der Waals surface area contributed by atoms with Crippen molar-refractivity contribution in [2.45, 2.75) is 66.2 Å². The zero-order valence-electron chi connectivity index (χ0n) is 18.5. The molecule has 0 aromatic carbocycles. The molecule has 0 radical (unpaired) electrons. The second-order valence-electron chi connectivity index (χ2n) is 8.57. The number of pyridine rings is 1. The van der Waals surface area contributed by atoms with Crippen molar-refractivity contribution >= 4 is 18.1 Å². The SMILES string of the molecule is CCCn1c(-c2ccncc2)nn(CN2CCC(C(=O)NC(C)C(C)C)CC2)c1=S. The molecular weight excluding hydrogens is 396 g/mol. The van der Waals surface area contributed by atoms with E-state index in [0.717, 1.165) is 55.1 Å². The molecule has 30 heavy (non-hydrogen) atoms. The van der Waals surface area contributed by atoms with Crippen molar-refractivity contribution in [2.24, 2.45) is 11.8 Å². The highest BCUT2D eigenvalue weighted by Crippen LogP contribution is 2.21. The van der Waals surface area contributed by atoms with Crippen LogP contribution in [0.15, 0.2) is 24.5 Å². The number of rotatable bonds is 8. The van der Waals surface area contributed by atoms with Crippen molar-refractivity contribution in [3.63, 3.8) is 0 Å². The number of carbonyl (C=O) groups excluding carboxylic acids is 1. The van der Waals surface area contributed by atoms with Gasteiger partial charge in [-0.2, -0.15) is 5.10 Å². The average molecular weight is 431 g/mol. The van der Waals surface area contributed by atoms with Crippen LogP contribution in [-0.4, -0.2) is 49.3 Å². The third-order valence-electron chi connectivity index (χ3n) is 5.97. The lowest BCUT2D eigenvalue weighted by atomic mass is 9.95. The third-order valence-corrected chi connectivity index (χ3v) is 6.40. The second kappa shape index (κ2) is 10.3. The van der Waals surface area contributed by atoms with Gasteiger partial charge in [-0.3, -0.25) is 19.2 Å². The second-order valence-corrected chi connectivity index (χ2v) is 8.93. The van der Waals surface area contributed by atoms with E-state index in [1.807, 2.05) is 16.8 Å². The summed E-state index contributed by atoms with van der Waals surface area (Å²) in [6, 6.07) is 4.15. The van der Waals surface area contributed by atoms with Crippen LogP contribution in [0.2, 0.25) is 0 Å². The van der Waals surface area contributed by atoms with Gasteiger partial charge < -0.3 is 5.32 Å². The minimum Gasteiger partial charge on any atom is -0.353 e. The van der Waals surface area contributed by atoms with Gasteiger partial charge in [-0.1, -0.05) is 20.8 Å². The van der Waals surface area contributed by atoms with Gasteiger partial charge in [0.25, 0.3) is 0 Å². The Morgan fingerprint density at radius 3 is 2.50 bits per heavy atom. The zero-order chi connectivity index (χ0) is 21.7. The molecule has 0 spiro atoms. The van der Waals surface area contributed by atoms with E-state index in [4.69, 9.17) is 17.3 Å². The first kappa shape index (κ1) is 22.6. The summed E-state index contributed by atoms with van der Waals surface area (Å²) in [6.45, 7) is 11.7. The molecule has 7 nitrogen and oxygen atoms in total. The number of hydrogen-bond donors (Lipinski definition) is 1.